The predicted molar refractivity (Wildman–Crippen MR) is 81.1 cm³/mol. The Morgan fingerprint density at radius 1 is 1.30 bits per heavy atom. The van der Waals surface area contributed by atoms with E-state index in [1.165, 1.54) is 0 Å². The van der Waals surface area contributed by atoms with Gasteiger partial charge in [0.2, 0.25) is 0 Å². The van der Waals surface area contributed by atoms with Crippen LogP contribution in [-0.4, -0.2) is 37.6 Å². The Kier molecular flexibility index (Phi) is 5.31. The molecule has 0 aromatic heterocycles. The lowest BCUT2D eigenvalue weighted by Gasteiger charge is -2.24. The summed E-state index contributed by atoms with van der Waals surface area (Å²) in [5.74, 6) is 0.396. The lowest BCUT2D eigenvalue weighted by atomic mass is 10.1. The number of benzene rings is 1. The van der Waals surface area contributed by atoms with Gasteiger partial charge >= 0.3 is 0 Å². The first-order valence-corrected chi connectivity index (χ1v) is 9.01. The van der Waals surface area contributed by atoms with Crippen LogP contribution in [0.2, 0.25) is 10.0 Å². The summed E-state index contributed by atoms with van der Waals surface area (Å²) in [4.78, 5) is 0. The van der Waals surface area contributed by atoms with Gasteiger partial charge in [0, 0.05) is 22.6 Å². The molecule has 2 rings (SSSR count). The van der Waals surface area contributed by atoms with Gasteiger partial charge in [-0.05, 0) is 36.6 Å². The number of sulfone groups is 1. The summed E-state index contributed by atoms with van der Waals surface area (Å²) in [6, 6.07) is 4.80. The molecule has 0 spiro atoms. The third kappa shape index (κ3) is 4.60. The molecule has 0 saturated carbocycles. The molecule has 0 bridgehead atoms. The molecule has 0 amide bonds. The molecule has 112 valence electrons. The van der Waals surface area contributed by atoms with Crippen molar-refractivity contribution in [2.24, 2.45) is 0 Å². The Bertz CT molecular complexity index is 557. The molecule has 4 nitrogen and oxygen atoms in total. The van der Waals surface area contributed by atoms with Gasteiger partial charge in [-0.25, -0.2) is 8.42 Å². The van der Waals surface area contributed by atoms with Gasteiger partial charge in [-0.2, -0.15) is 0 Å². The number of rotatable bonds is 4. The number of aliphatic hydroxyl groups is 1. The Morgan fingerprint density at radius 2 is 1.95 bits per heavy atom. The zero-order chi connectivity index (χ0) is 14.8. The van der Waals surface area contributed by atoms with Crippen molar-refractivity contribution in [2.45, 2.75) is 25.0 Å². The first kappa shape index (κ1) is 16.0. The van der Waals surface area contributed by atoms with E-state index in [0.29, 0.717) is 22.0 Å². The number of hydrogen-bond donors (Lipinski definition) is 2. The summed E-state index contributed by atoms with van der Waals surface area (Å²) in [5.41, 5.74) is 0.619. The molecule has 0 radical (unpaired) electrons. The van der Waals surface area contributed by atoms with Gasteiger partial charge in [0.1, 0.15) is 0 Å². The van der Waals surface area contributed by atoms with E-state index in [9.17, 15) is 13.5 Å². The Labute approximate surface area is 129 Å². The fraction of sp³-hybridized carbons (Fsp3) is 0.538. The molecule has 2 unspecified atom stereocenters. The summed E-state index contributed by atoms with van der Waals surface area (Å²) in [6.45, 7) is 0.275. The van der Waals surface area contributed by atoms with Crippen LogP contribution in [0.5, 0.6) is 0 Å². The van der Waals surface area contributed by atoms with Crippen LogP contribution in [-0.2, 0) is 9.84 Å². The molecule has 1 heterocycles. The molecule has 1 saturated heterocycles. The van der Waals surface area contributed by atoms with Crippen LogP contribution in [0.4, 0.5) is 0 Å². The lowest BCUT2D eigenvalue weighted by molar-refractivity contribution is 0.170. The van der Waals surface area contributed by atoms with Crippen molar-refractivity contribution in [3.8, 4) is 0 Å². The van der Waals surface area contributed by atoms with Crippen LogP contribution >= 0.6 is 23.2 Å². The second kappa shape index (κ2) is 6.62. The van der Waals surface area contributed by atoms with Crippen molar-refractivity contribution in [3.63, 3.8) is 0 Å². The van der Waals surface area contributed by atoms with Crippen molar-refractivity contribution >= 4 is 33.0 Å². The summed E-state index contributed by atoms with van der Waals surface area (Å²) in [5, 5.41) is 14.1. The van der Waals surface area contributed by atoms with Crippen molar-refractivity contribution in [2.75, 3.05) is 18.1 Å². The highest BCUT2D eigenvalue weighted by Gasteiger charge is 2.24. The maximum absolute atomic E-state index is 11.5. The van der Waals surface area contributed by atoms with Crippen LogP contribution in [0, 0.1) is 0 Å². The molecule has 2 N–H and O–H groups in total. The number of hydrogen-bond acceptors (Lipinski definition) is 4. The van der Waals surface area contributed by atoms with E-state index >= 15 is 0 Å². The van der Waals surface area contributed by atoms with Crippen molar-refractivity contribution in [1.82, 2.24) is 5.32 Å². The van der Waals surface area contributed by atoms with E-state index < -0.39 is 15.9 Å². The topological polar surface area (TPSA) is 66.4 Å². The van der Waals surface area contributed by atoms with E-state index in [0.717, 1.165) is 6.42 Å². The Balaban J connectivity index is 1.93. The average Bonchev–Trinajstić information content (AvgIpc) is 2.33. The highest BCUT2D eigenvalue weighted by Crippen LogP contribution is 2.23. The molecule has 7 heteroatoms. The normalized spacial score (nSPS) is 23.4. The highest BCUT2D eigenvalue weighted by atomic mass is 35.5. The smallest absolute Gasteiger partial charge is 0.151 e. The molecule has 1 aromatic carbocycles. The van der Waals surface area contributed by atoms with E-state index in [1.54, 1.807) is 18.2 Å². The summed E-state index contributed by atoms with van der Waals surface area (Å²) >= 11 is 11.8. The van der Waals surface area contributed by atoms with Gasteiger partial charge in [-0.1, -0.05) is 23.2 Å². The third-order valence-electron chi connectivity index (χ3n) is 3.33. The minimum absolute atomic E-state index is 0.0990. The largest absolute Gasteiger partial charge is 0.387 e. The fourth-order valence-corrected chi connectivity index (χ4v) is 4.56. The molecule has 20 heavy (non-hydrogen) atoms. The minimum Gasteiger partial charge on any atom is -0.387 e. The minimum atomic E-state index is -2.94. The second-order valence-corrected chi connectivity index (χ2v) is 8.18. The van der Waals surface area contributed by atoms with Crippen molar-refractivity contribution in [1.29, 1.82) is 0 Å². The standard InChI is InChI=1S/C13H17Cl2NO3S/c14-10-4-9(5-11(15)6-10)13(17)7-16-12-2-1-3-20(18,19)8-12/h4-6,12-13,16-17H,1-3,7-8H2. The quantitative estimate of drug-likeness (QED) is 0.883. The first-order chi connectivity index (χ1) is 9.35. The molecular weight excluding hydrogens is 321 g/mol. The summed E-state index contributed by atoms with van der Waals surface area (Å²) < 4.78 is 23.1. The molecule has 0 aliphatic carbocycles. The number of nitrogens with one attached hydrogen (secondary N) is 1. The van der Waals surface area contributed by atoms with Gasteiger partial charge in [-0.3, -0.25) is 0 Å². The maximum atomic E-state index is 11.5. The fourth-order valence-electron chi connectivity index (χ4n) is 2.35. The summed E-state index contributed by atoms with van der Waals surface area (Å²) in [7, 11) is -2.94. The predicted octanol–water partition coefficient (Wildman–Crippen LogP) is 2.19. The molecule has 1 aliphatic heterocycles. The molecule has 2 atom stereocenters. The highest BCUT2D eigenvalue weighted by molar-refractivity contribution is 7.91. The van der Waals surface area contributed by atoms with E-state index in [4.69, 9.17) is 23.2 Å². The van der Waals surface area contributed by atoms with Crippen LogP contribution < -0.4 is 5.32 Å². The zero-order valence-corrected chi connectivity index (χ0v) is 13.2. The molecule has 1 fully saturated rings. The molecule has 1 aromatic rings. The monoisotopic (exact) mass is 337 g/mol. The van der Waals surface area contributed by atoms with E-state index in [2.05, 4.69) is 5.32 Å². The maximum Gasteiger partial charge on any atom is 0.151 e. The van der Waals surface area contributed by atoms with Gasteiger partial charge in [0.25, 0.3) is 0 Å². The third-order valence-corrected chi connectivity index (χ3v) is 5.59. The zero-order valence-electron chi connectivity index (χ0n) is 10.9. The van der Waals surface area contributed by atoms with Gasteiger partial charge in [0.05, 0.1) is 17.6 Å². The van der Waals surface area contributed by atoms with E-state index in [-0.39, 0.29) is 24.1 Å². The first-order valence-electron chi connectivity index (χ1n) is 6.43. The van der Waals surface area contributed by atoms with Crippen molar-refractivity contribution < 1.29 is 13.5 Å². The Morgan fingerprint density at radius 3 is 2.55 bits per heavy atom. The molecule has 1 aliphatic rings. The lowest BCUT2D eigenvalue weighted by Crippen LogP contribution is -2.41. The second-order valence-electron chi connectivity index (χ2n) is 5.08. The van der Waals surface area contributed by atoms with Gasteiger partial charge in [-0.15, -0.1) is 0 Å². The average molecular weight is 338 g/mol. The van der Waals surface area contributed by atoms with Crippen LogP contribution in [0.1, 0.15) is 24.5 Å². The number of aliphatic hydroxyl groups excluding tert-OH is 1. The van der Waals surface area contributed by atoms with Gasteiger partial charge in [0.15, 0.2) is 9.84 Å². The van der Waals surface area contributed by atoms with Crippen LogP contribution in [0.15, 0.2) is 18.2 Å². The Hall–Kier alpha value is -0.330. The van der Waals surface area contributed by atoms with Crippen molar-refractivity contribution in [3.05, 3.63) is 33.8 Å². The van der Waals surface area contributed by atoms with Crippen LogP contribution in [0.25, 0.3) is 0 Å². The van der Waals surface area contributed by atoms with Crippen LogP contribution in [0.3, 0.4) is 0 Å². The van der Waals surface area contributed by atoms with Gasteiger partial charge < -0.3 is 10.4 Å². The SMILES string of the molecule is O=S1(=O)CCCC(NCC(O)c2cc(Cl)cc(Cl)c2)C1. The molecular formula is C13H17Cl2NO3S. The summed E-state index contributed by atoms with van der Waals surface area (Å²) in [6.07, 6.45) is 0.706. The number of halogens is 2. The van der Waals surface area contributed by atoms with E-state index in [1.807, 2.05) is 0 Å².